The normalized spacial score (nSPS) is 10.6. The second-order valence-electron chi connectivity index (χ2n) is 4.18. The van der Waals surface area contributed by atoms with Gasteiger partial charge < -0.3 is 20.9 Å². The van der Waals surface area contributed by atoms with E-state index in [9.17, 15) is 0 Å². The van der Waals surface area contributed by atoms with Crippen LogP contribution in [0, 0.1) is 0 Å². The number of nitrogens with zero attached hydrogens (tertiary/aromatic N) is 4. The highest BCUT2D eigenvalue weighted by molar-refractivity contribution is 5.41. The zero-order valence-corrected chi connectivity index (χ0v) is 10.8. The quantitative estimate of drug-likeness (QED) is 0.688. The minimum atomic E-state index is 0.573. The maximum atomic E-state index is 5.42. The van der Waals surface area contributed by atoms with Crippen molar-refractivity contribution in [2.45, 2.75) is 0 Å². The van der Waals surface area contributed by atoms with Crippen molar-refractivity contribution in [2.24, 2.45) is 5.73 Å². The van der Waals surface area contributed by atoms with E-state index in [1.165, 1.54) is 0 Å². The molecule has 0 atom stereocenters. The number of likely N-dealkylation sites (N-methyl/N-ethyl adjacent to an activating group) is 2. The smallest absolute Gasteiger partial charge is 0.224 e. The van der Waals surface area contributed by atoms with Gasteiger partial charge in [-0.2, -0.15) is 4.98 Å². The molecule has 0 aliphatic rings. The summed E-state index contributed by atoms with van der Waals surface area (Å²) >= 11 is 0. The van der Waals surface area contributed by atoms with Crippen LogP contribution in [-0.4, -0.2) is 62.2 Å². The number of aromatic nitrogens is 2. The summed E-state index contributed by atoms with van der Waals surface area (Å²) in [6.45, 7) is 3.18. The van der Waals surface area contributed by atoms with E-state index in [-0.39, 0.29) is 0 Å². The second-order valence-corrected chi connectivity index (χ2v) is 4.18. The van der Waals surface area contributed by atoms with Crippen LogP contribution in [0.4, 0.5) is 11.8 Å². The van der Waals surface area contributed by atoms with Gasteiger partial charge >= 0.3 is 0 Å². The van der Waals surface area contributed by atoms with Crippen molar-refractivity contribution in [3.63, 3.8) is 0 Å². The average Bonchev–Trinajstić information content (AvgIpc) is 2.33. The van der Waals surface area contributed by atoms with E-state index in [4.69, 9.17) is 5.73 Å². The molecule has 6 heteroatoms. The first kappa shape index (κ1) is 13.7. The lowest BCUT2D eigenvalue weighted by molar-refractivity contribution is 0.416. The molecule has 17 heavy (non-hydrogen) atoms. The molecule has 0 bridgehead atoms. The summed E-state index contributed by atoms with van der Waals surface area (Å²) in [5, 5.41) is 3.07. The predicted molar refractivity (Wildman–Crippen MR) is 71.4 cm³/mol. The van der Waals surface area contributed by atoms with E-state index in [0.717, 1.165) is 18.9 Å². The number of hydrogen-bond donors (Lipinski definition) is 2. The van der Waals surface area contributed by atoms with E-state index in [1.54, 1.807) is 6.20 Å². The van der Waals surface area contributed by atoms with E-state index >= 15 is 0 Å². The van der Waals surface area contributed by atoms with Gasteiger partial charge in [0.1, 0.15) is 5.82 Å². The van der Waals surface area contributed by atoms with Gasteiger partial charge in [0, 0.05) is 39.4 Å². The van der Waals surface area contributed by atoms with Crippen LogP contribution in [0.3, 0.4) is 0 Å². The van der Waals surface area contributed by atoms with Crippen molar-refractivity contribution in [1.82, 2.24) is 14.9 Å². The van der Waals surface area contributed by atoms with Gasteiger partial charge in [-0.1, -0.05) is 0 Å². The van der Waals surface area contributed by atoms with Gasteiger partial charge in [-0.25, -0.2) is 4.98 Å². The minimum absolute atomic E-state index is 0.573. The Balaban J connectivity index is 2.57. The molecule has 0 radical (unpaired) electrons. The zero-order valence-electron chi connectivity index (χ0n) is 10.8. The molecular formula is C11H22N6. The van der Waals surface area contributed by atoms with Crippen LogP contribution in [0.25, 0.3) is 0 Å². The molecule has 0 amide bonds. The highest BCUT2D eigenvalue weighted by Gasteiger charge is 2.04. The van der Waals surface area contributed by atoms with E-state index in [0.29, 0.717) is 19.0 Å². The molecule has 1 aromatic rings. The maximum absolute atomic E-state index is 5.42. The van der Waals surface area contributed by atoms with E-state index < -0.39 is 0 Å². The van der Waals surface area contributed by atoms with Crippen LogP contribution < -0.4 is 16.0 Å². The summed E-state index contributed by atoms with van der Waals surface area (Å²) in [5.41, 5.74) is 5.42. The predicted octanol–water partition coefficient (Wildman–Crippen LogP) is -0.155. The monoisotopic (exact) mass is 238 g/mol. The highest BCUT2D eigenvalue weighted by Crippen LogP contribution is 2.09. The third kappa shape index (κ3) is 4.97. The van der Waals surface area contributed by atoms with Crippen molar-refractivity contribution in [1.29, 1.82) is 0 Å². The Hall–Kier alpha value is -1.40. The lowest BCUT2D eigenvalue weighted by atomic mass is 10.4. The minimum Gasteiger partial charge on any atom is -0.358 e. The first-order valence-corrected chi connectivity index (χ1v) is 5.76. The molecule has 96 valence electrons. The van der Waals surface area contributed by atoms with Crippen molar-refractivity contribution in [3.05, 3.63) is 12.3 Å². The molecule has 0 saturated carbocycles. The molecular weight excluding hydrogens is 216 g/mol. The van der Waals surface area contributed by atoms with E-state index in [2.05, 4.69) is 39.2 Å². The molecule has 0 aliphatic heterocycles. The van der Waals surface area contributed by atoms with Crippen LogP contribution in [0.1, 0.15) is 0 Å². The van der Waals surface area contributed by atoms with Gasteiger partial charge in [0.15, 0.2) is 0 Å². The van der Waals surface area contributed by atoms with Gasteiger partial charge in [0.2, 0.25) is 5.95 Å². The van der Waals surface area contributed by atoms with Crippen LogP contribution in [0.15, 0.2) is 12.3 Å². The third-order valence-corrected chi connectivity index (χ3v) is 2.34. The molecule has 0 saturated heterocycles. The van der Waals surface area contributed by atoms with Crippen molar-refractivity contribution in [2.75, 3.05) is 57.5 Å². The lowest BCUT2D eigenvalue weighted by Crippen LogP contribution is -2.29. The summed E-state index contributed by atoms with van der Waals surface area (Å²) in [7, 11) is 6.14. The Morgan fingerprint density at radius 3 is 2.71 bits per heavy atom. The standard InChI is InChI=1S/C11H22N6/c1-16(2)8-9-17(3)10-4-6-13-11(15-10)14-7-5-12/h4,6H,5,7-9,12H2,1-3H3,(H,13,14,15). The first-order valence-electron chi connectivity index (χ1n) is 5.76. The first-order chi connectivity index (χ1) is 8.13. The van der Waals surface area contributed by atoms with Crippen molar-refractivity contribution < 1.29 is 0 Å². The molecule has 3 N–H and O–H groups in total. The van der Waals surface area contributed by atoms with Crippen LogP contribution in [0.5, 0.6) is 0 Å². The van der Waals surface area contributed by atoms with Crippen LogP contribution >= 0.6 is 0 Å². The Kier molecular flexibility index (Phi) is 5.65. The van der Waals surface area contributed by atoms with E-state index in [1.807, 2.05) is 13.1 Å². The number of rotatable bonds is 7. The fourth-order valence-electron chi connectivity index (χ4n) is 1.30. The third-order valence-electron chi connectivity index (χ3n) is 2.34. The fraction of sp³-hybridized carbons (Fsp3) is 0.636. The SMILES string of the molecule is CN(C)CCN(C)c1ccnc(NCCN)n1. The molecule has 0 unspecified atom stereocenters. The fourth-order valence-corrected chi connectivity index (χ4v) is 1.30. The Labute approximate surface area is 103 Å². The molecule has 1 rings (SSSR count). The van der Waals surface area contributed by atoms with Gasteiger partial charge in [0.25, 0.3) is 0 Å². The Bertz CT molecular complexity index is 327. The summed E-state index contributed by atoms with van der Waals surface area (Å²) in [4.78, 5) is 12.8. The summed E-state index contributed by atoms with van der Waals surface area (Å²) in [5.74, 6) is 1.55. The number of anilines is 2. The molecule has 0 aromatic carbocycles. The largest absolute Gasteiger partial charge is 0.358 e. The average molecular weight is 238 g/mol. The molecule has 6 nitrogen and oxygen atoms in total. The van der Waals surface area contributed by atoms with Gasteiger partial charge in [-0.3, -0.25) is 0 Å². The molecule has 1 heterocycles. The highest BCUT2D eigenvalue weighted by atomic mass is 15.2. The summed E-state index contributed by atoms with van der Waals surface area (Å²) in [6.07, 6.45) is 1.76. The lowest BCUT2D eigenvalue weighted by Gasteiger charge is -2.20. The summed E-state index contributed by atoms with van der Waals surface area (Å²) in [6, 6.07) is 1.91. The number of nitrogens with two attached hydrogens (primary N) is 1. The molecule has 1 aromatic heterocycles. The topological polar surface area (TPSA) is 70.3 Å². The van der Waals surface area contributed by atoms with Gasteiger partial charge in [-0.05, 0) is 20.2 Å². The zero-order chi connectivity index (χ0) is 12.7. The van der Waals surface area contributed by atoms with Crippen molar-refractivity contribution >= 4 is 11.8 Å². The van der Waals surface area contributed by atoms with Crippen LogP contribution in [-0.2, 0) is 0 Å². The van der Waals surface area contributed by atoms with Crippen molar-refractivity contribution in [3.8, 4) is 0 Å². The number of nitrogens with one attached hydrogen (secondary N) is 1. The Morgan fingerprint density at radius 2 is 2.06 bits per heavy atom. The molecule has 0 aliphatic carbocycles. The summed E-state index contributed by atoms with van der Waals surface area (Å²) < 4.78 is 0. The number of hydrogen-bond acceptors (Lipinski definition) is 6. The molecule has 0 fully saturated rings. The van der Waals surface area contributed by atoms with Crippen LogP contribution in [0.2, 0.25) is 0 Å². The van der Waals surface area contributed by atoms with Gasteiger partial charge in [-0.15, -0.1) is 0 Å². The second kappa shape index (κ2) is 7.03. The molecule has 0 spiro atoms. The maximum Gasteiger partial charge on any atom is 0.224 e. The van der Waals surface area contributed by atoms with Gasteiger partial charge in [0.05, 0.1) is 0 Å². The Morgan fingerprint density at radius 1 is 1.29 bits per heavy atom.